The van der Waals surface area contributed by atoms with Crippen LogP contribution in [0.5, 0.6) is 0 Å². The zero-order valence-corrected chi connectivity index (χ0v) is 24.2. The number of nitrogens with zero attached hydrogens (tertiary/aromatic N) is 5. The Morgan fingerprint density at radius 3 is 2.64 bits per heavy atom. The van der Waals surface area contributed by atoms with Crippen molar-refractivity contribution in [2.24, 2.45) is 5.92 Å². The summed E-state index contributed by atoms with van der Waals surface area (Å²) in [7, 11) is 0.227. The van der Waals surface area contributed by atoms with Crippen LogP contribution >= 0.6 is 7.52 Å². The van der Waals surface area contributed by atoms with Gasteiger partial charge in [-0.1, -0.05) is 37.3 Å². The van der Waals surface area contributed by atoms with E-state index in [0.29, 0.717) is 23.4 Å². The Hall–Kier alpha value is -3.05. The second-order valence-corrected chi connectivity index (χ2v) is 12.6. The van der Waals surface area contributed by atoms with Gasteiger partial charge < -0.3 is 24.6 Å². The van der Waals surface area contributed by atoms with E-state index in [1.807, 2.05) is 53.9 Å². The molecular weight excluding hydrogens is 521 g/mol. The number of anilines is 2. The molecule has 0 amide bonds. The molecule has 2 aromatic heterocycles. The molecule has 0 spiro atoms. The number of ether oxygens (including phenoxy) is 2. The van der Waals surface area contributed by atoms with Crippen molar-refractivity contribution in [2.75, 3.05) is 31.3 Å². The highest BCUT2D eigenvalue weighted by molar-refractivity contribution is 7.56. The van der Waals surface area contributed by atoms with Crippen molar-refractivity contribution in [3.63, 3.8) is 0 Å². The second-order valence-electron chi connectivity index (χ2n) is 10.4. The number of nitrogen functional groups attached to an aromatic ring is 1. The number of benzene rings is 1. The summed E-state index contributed by atoms with van der Waals surface area (Å²) in [5, 5.41) is 2.92. The normalized spacial score (nSPS) is 21.7. The molecule has 1 aliphatic heterocycles. The van der Waals surface area contributed by atoms with Gasteiger partial charge in [0, 0.05) is 14.1 Å². The van der Waals surface area contributed by atoms with Gasteiger partial charge in [0.2, 0.25) is 5.95 Å². The van der Waals surface area contributed by atoms with Gasteiger partial charge in [0.15, 0.2) is 17.0 Å². The summed E-state index contributed by atoms with van der Waals surface area (Å²) in [6, 6.07) is 8.56. The van der Waals surface area contributed by atoms with E-state index < -0.39 is 19.5 Å². The minimum atomic E-state index is -3.51. The summed E-state index contributed by atoms with van der Waals surface area (Å²) in [5.74, 6) is 0.378. The van der Waals surface area contributed by atoms with Crippen LogP contribution in [-0.4, -0.2) is 64.4 Å². The molecule has 39 heavy (non-hydrogen) atoms. The zero-order chi connectivity index (χ0) is 28.3. The fourth-order valence-electron chi connectivity index (χ4n) is 4.51. The maximum atomic E-state index is 14.0. The standard InChI is InChI=1S/C26H38N7O5P/c1-16(2)37-25(34)18(4)31-39(35,14-19-10-8-7-9-11-19)36-13-20-17(3)12-21(38-20)33-15-28-22-23(32(5)6)29-26(27)30-24(22)33/h7-11,15-18,20-21H,12-14H2,1-6H3,(H,31,35)(H2,27,29,30)/t17?,18-,20-,21-,39?/m1/s1. The lowest BCUT2D eigenvalue weighted by Gasteiger charge is -2.26. The highest BCUT2D eigenvalue weighted by atomic mass is 31.2. The van der Waals surface area contributed by atoms with Gasteiger partial charge >= 0.3 is 5.97 Å². The Bertz CT molecular complexity index is 1330. The summed E-state index contributed by atoms with van der Waals surface area (Å²) >= 11 is 0. The van der Waals surface area contributed by atoms with Gasteiger partial charge in [-0.25, -0.2) is 10.1 Å². The molecule has 0 bridgehead atoms. The third kappa shape index (κ3) is 6.94. The molecule has 2 unspecified atom stereocenters. The van der Waals surface area contributed by atoms with Crippen LogP contribution in [0.15, 0.2) is 36.7 Å². The second kappa shape index (κ2) is 12.0. The Morgan fingerprint density at radius 2 is 1.97 bits per heavy atom. The van der Waals surface area contributed by atoms with Crippen LogP contribution in [0.3, 0.4) is 0 Å². The molecule has 13 heteroatoms. The third-order valence-corrected chi connectivity index (χ3v) is 8.60. The smallest absolute Gasteiger partial charge is 0.323 e. The van der Waals surface area contributed by atoms with Gasteiger partial charge in [0.25, 0.3) is 7.52 Å². The fourth-order valence-corrected chi connectivity index (χ4v) is 6.54. The van der Waals surface area contributed by atoms with Crippen LogP contribution in [0.2, 0.25) is 0 Å². The summed E-state index contributed by atoms with van der Waals surface area (Å²) < 4.78 is 33.6. The number of hydrogen-bond acceptors (Lipinski definition) is 10. The molecular formula is C26H38N7O5P. The van der Waals surface area contributed by atoms with Crippen LogP contribution in [-0.2, 0) is 29.5 Å². The number of hydrogen-bond donors (Lipinski definition) is 2. The van der Waals surface area contributed by atoms with E-state index in [-0.39, 0.29) is 43.1 Å². The van der Waals surface area contributed by atoms with Gasteiger partial charge in [-0.3, -0.25) is 13.9 Å². The molecule has 12 nitrogen and oxygen atoms in total. The predicted octanol–water partition coefficient (Wildman–Crippen LogP) is 3.74. The first-order valence-electron chi connectivity index (χ1n) is 13.0. The minimum Gasteiger partial charge on any atom is -0.462 e. The van der Waals surface area contributed by atoms with E-state index in [9.17, 15) is 9.36 Å². The molecule has 1 saturated heterocycles. The first kappa shape index (κ1) is 28.9. The molecule has 1 aliphatic rings. The topological polar surface area (TPSA) is 147 Å². The van der Waals surface area contributed by atoms with E-state index >= 15 is 0 Å². The summed E-state index contributed by atoms with van der Waals surface area (Å²) in [4.78, 5) is 27.5. The fraction of sp³-hybridized carbons (Fsp3) is 0.538. The lowest BCUT2D eigenvalue weighted by Crippen LogP contribution is -2.36. The molecule has 3 heterocycles. The lowest BCUT2D eigenvalue weighted by atomic mass is 10.0. The monoisotopic (exact) mass is 559 g/mol. The van der Waals surface area contributed by atoms with Crippen molar-refractivity contribution in [2.45, 2.75) is 64.8 Å². The number of carbonyl (C=O) groups excluding carboxylic acids is 1. The van der Waals surface area contributed by atoms with Gasteiger partial charge in [-0.05, 0) is 38.7 Å². The number of nitrogens with one attached hydrogen (secondary N) is 1. The number of fused-ring (bicyclic) bond motifs is 1. The number of rotatable bonds is 11. The lowest BCUT2D eigenvalue weighted by molar-refractivity contribution is -0.149. The summed E-state index contributed by atoms with van der Waals surface area (Å²) in [6.45, 7) is 7.29. The molecule has 4 rings (SSSR count). The highest BCUT2D eigenvalue weighted by Crippen LogP contribution is 2.48. The maximum Gasteiger partial charge on any atom is 0.323 e. The van der Waals surface area contributed by atoms with Crippen molar-refractivity contribution in [1.29, 1.82) is 0 Å². The number of imidazole rings is 1. The Balaban J connectivity index is 1.50. The predicted molar refractivity (Wildman–Crippen MR) is 149 cm³/mol. The SMILES string of the molecule is CC(C)OC(=O)[C@@H](C)NP(=O)(Cc1ccccc1)OC[C@H]1O[C@@H](n2cnc3c(N(C)C)nc(N)nc32)CC1C. The van der Waals surface area contributed by atoms with E-state index in [1.165, 1.54) is 0 Å². The summed E-state index contributed by atoms with van der Waals surface area (Å²) in [6.07, 6.45) is 1.49. The van der Waals surface area contributed by atoms with Crippen molar-refractivity contribution >= 4 is 36.4 Å². The molecule has 1 fully saturated rings. The molecule has 3 N–H and O–H groups in total. The minimum absolute atomic E-state index is 0.0768. The molecule has 0 radical (unpaired) electrons. The first-order chi connectivity index (χ1) is 18.5. The molecule has 3 aromatic rings. The molecule has 1 aromatic carbocycles. The Morgan fingerprint density at radius 1 is 1.26 bits per heavy atom. The van der Waals surface area contributed by atoms with Gasteiger partial charge in [-0.15, -0.1) is 0 Å². The van der Waals surface area contributed by atoms with E-state index in [1.54, 1.807) is 27.1 Å². The average Bonchev–Trinajstić information content (AvgIpc) is 3.45. The Kier molecular flexibility index (Phi) is 8.90. The zero-order valence-electron chi connectivity index (χ0n) is 23.3. The van der Waals surface area contributed by atoms with Crippen molar-refractivity contribution < 1.29 is 23.4 Å². The average molecular weight is 560 g/mol. The third-order valence-electron chi connectivity index (χ3n) is 6.47. The Labute approximate surface area is 228 Å². The maximum absolute atomic E-state index is 14.0. The number of aromatic nitrogens is 4. The van der Waals surface area contributed by atoms with Crippen molar-refractivity contribution in [1.82, 2.24) is 24.6 Å². The van der Waals surface area contributed by atoms with Crippen LogP contribution < -0.4 is 15.7 Å². The van der Waals surface area contributed by atoms with Crippen molar-refractivity contribution in [3.8, 4) is 0 Å². The van der Waals surface area contributed by atoms with E-state index in [0.717, 1.165) is 5.56 Å². The first-order valence-corrected chi connectivity index (χ1v) is 14.9. The number of carbonyl (C=O) groups is 1. The van der Waals surface area contributed by atoms with Gasteiger partial charge in [0.1, 0.15) is 12.3 Å². The van der Waals surface area contributed by atoms with Crippen LogP contribution in [0, 0.1) is 5.92 Å². The van der Waals surface area contributed by atoms with Crippen LogP contribution in [0.25, 0.3) is 11.2 Å². The molecule has 212 valence electrons. The van der Waals surface area contributed by atoms with Gasteiger partial charge in [0.05, 0.1) is 31.3 Å². The molecule has 5 atom stereocenters. The van der Waals surface area contributed by atoms with Crippen LogP contribution in [0.4, 0.5) is 11.8 Å². The largest absolute Gasteiger partial charge is 0.462 e. The summed E-state index contributed by atoms with van der Waals surface area (Å²) in [5.41, 5.74) is 8.01. The molecule has 0 saturated carbocycles. The number of nitrogens with two attached hydrogens (primary N) is 1. The quantitative estimate of drug-likeness (QED) is 0.262. The van der Waals surface area contributed by atoms with Crippen molar-refractivity contribution in [3.05, 3.63) is 42.2 Å². The van der Waals surface area contributed by atoms with Crippen LogP contribution in [0.1, 0.15) is 45.9 Å². The van der Waals surface area contributed by atoms with Gasteiger partial charge in [-0.2, -0.15) is 9.97 Å². The highest BCUT2D eigenvalue weighted by Gasteiger charge is 2.37. The van der Waals surface area contributed by atoms with E-state index in [4.69, 9.17) is 19.7 Å². The van der Waals surface area contributed by atoms with E-state index in [2.05, 4.69) is 27.0 Å². The number of esters is 1. The molecule has 0 aliphatic carbocycles.